The van der Waals surface area contributed by atoms with Crippen molar-refractivity contribution < 1.29 is 9.84 Å². The molecule has 1 aliphatic heterocycles. The Balaban J connectivity index is 1.25. The number of methoxy groups -OCH3 is 1. The number of fused-ring (bicyclic) bond motifs is 1. The summed E-state index contributed by atoms with van der Waals surface area (Å²) in [5, 5.41) is 13.0. The Morgan fingerprint density at radius 3 is 2.73 bits per heavy atom. The van der Waals surface area contributed by atoms with Crippen LogP contribution in [0.1, 0.15) is 63.4 Å². The average molecular weight is 491 g/mol. The van der Waals surface area contributed by atoms with E-state index in [-0.39, 0.29) is 12.0 Å². The number of aliphatic hydroxyl groups excluding tert-OH is 1. The van der Waals surface area contributed by atoms with Crippen molar-refractivity contribution in [3.05, 3.63) is 35.0 Å². The van der Waals surface area contributed by atoms with Crippen LogP contribution in [0.4, 0.5) is 0 Å². The SMILES string of the molecule is COc1ccc2ncc(Cl)c(CCCC3(CO)CCN(CCCSC4CCCC4)CC3)c2c1. The molecular formula is C27H39ClN2O2S. The van der Waals surface area contributed by atoms with Crippen LogP contribution in [-0.4, -0.2) is 59.3 Å². The Morgan fingerprint density at radius 2 is 2.00 bits per heavy atom. The number of hydrogen-bond donors (Lipinski definition) is 1. The van der Waals surface area contributed by atoms with Crippen molar-refractivity contribution in [2.24, 2.45) is 5.41 Å². The zero-order valence-electron chi connectivity index (χ0n) is 20.0. The molecule has 182 valence electrons. The lowest BCUT2D eigenvalue weighted by atomic mass is 9.75. The van der Waals surface area contributed by atoms with Gasteiger partial charge in [-0.25, -0.2) is 0 Å². The summed E-state index contributed by atoms with van der Waals surface area (Å²) >= 11 is 8.75. The second kappa shape index (κ2) is 12.1. The van der Waals surface area contributed by atoms with Gasteiger partial charge in [0, 0.05) is 23.4 Å². The molecule has 0 bridgehead atoms. The summed E-state index contributed by atoms with van der Waals surface area (Å²) in [5.74, 6) is 2.13. The molecule has 1 saturated heterocycles. The van der Waals surface area contributed by atoms with Gasteiger partial charge in [-0.05, 0) is 106 Å². The number of pyridine rings is 1. The van der Waals surface area contributed by atoms with Gasteiger partial charge in [0.1, 0.15) is 5.75 Å². The zero-order chi connectivity index (χ0) is 23.1. The van der Waals surface area contributed by atoms with Crippen LogP contribution < -0.4 is 4.74 Å². The molecule has 4 rings (SSSR count). The van der Waals surface area contributed by atoms with E-state index in [1.165, 1.54) is 44.4 Å². The third-order valence-electron chi connectivity index (χ3n) is 7.79. The maximum absolute atomic E-state index is 10.3. The van der Waals surface area contributed by atoms with E-state index in [1.54, 1.807) is 13.3 Å². The first-order chi connectivity index (χ1) is 16.1. The molecule has 0 radical (unpaired) electrons. The van der Waals surface area contributed by atoms with E-state index in [0.717, 1.165) is 77.7 Å². The first kappa shape index (κ1) is 25.1. The van der Waals surface area contributed by atoms with Gasteiger partial charge in [-0.15, -0.1) is 0 Å². The Hall–Kier alpha value is -1.01. The third-order valence-corrected chi connectivity index (χ3v) is 9.59. The minimum Gasteiger partial charge on any atom is -0.497 e. The van der Waals surface area contributed by atoms with Gasteiger partial charge in [0.15, 0.2) is 0 Å². The summed E-state index contributed by atoms with van der Waals surface area (Å²) in [6.07, 6.45) is 13.9. The summed E-state index contributed by atoms with van der Waals surface area (Å²) in [6, 6.07) is 5.97. The van der Waals surface area contributed by atoms with Gasteiger partial charge in [-0.1, -0.05) is 24.4 Å². The van der Waals surface area contributed by atoms with Crippen LogP contribution in [0.15, 0.2) is 24.4 Å². The molecule has 1 aromatic carbocycles. The number of rotatable bonds is 11. The van der Waals surface area contributed by atoms with Crippen LogP contribution in [0.5, 0.6) is 5.75 Å². The van der Waals surface area contributed by atoms with Crippen LogP contribution >= 0.6 is 23.4 Å². The number of aromatic nitrogens is 1. The summed E-state index contributed by atoms with van der Waals surface area (Å²) in [5.41, 5.74) is 2.15. The summed E-state index contributed by atoms with van der Waals surface area (Å²) in [6.45, 7) is 3.73. The number of piperidine rings is 1. The molecule has 1 N–H and O–H groups in total. The molecule has 0 spiro atoms. The van der Waals surface area contributed by atoms with Crippen LogP contribution in [0, 0.1) is 5.41 Å². The van der Waals surface area contributed by atoms with Crippen LogP contribution in [0.2, 0.25) is 5.02 Å². The Bertz CT molecular complexity index is 895. The molecule has 2 fully saturated rings. The highest BCUT2D eigenvalue weighted by Crippen LogP contribution is 2.37. The number of nitrogens with zero attached hydrogens (tertiary/aromatic N) is 2. The summed E-state index contributed by atoms with van der Waals surface area (Å²) in [7, 11) is 1.69. The van der Waals surface area contributed by atoms with Crippen LogP contribution in [0.25, 0.3) is 10.9 Å². The van der Waals surface area contributed by atoms with E-state index in [4.69, 9.17) is 16.3 Å². The normalized spacial score (nSPS) is 19.4. The van der Waals surface area contributed by atoms with Crippen LogP contribution in [0.3, 0.4) is 0 Å². The van der Waals surface area contributed by atoms with Crippen molar-refractivity contribution in [2.45, 2.75) is 69.5 Å². The predicted octanol–water partition coefficient (Wildman–Crippen LogP) is 6.36. The lowest BCUT2D eigenvalue weighted by Gasteiger charge is -2.41. The highest BCUT2D eigenvalue weighted by Gasteiger charge is 2.33. The number of benzene rings is 1. The molecule has 0 unspecified atom stereocenters. The maximum Gasteiger partial charge on any atom is 0.119 e. The van der Waals surface area contributed by atoms with E-state index in [1.807, 2.05) is 18.2 Å². The number of halogens is 1. The lowest BCUT2D eigenvalue weighted by Crippen LogP contribution is -2.42. The highest BCUT2D eigenvalue weighted by molar-refractivity contribution is 7.99. The van der Waals surface area contributed by atoms with Gasteiger partial charge in [0.05, 0.1) is 17.6 Å². The Labute approximate surface area is 208 Å². The molecule has 4 nitrogen and oxygen atoms in total. The van der Waals surface area contributed by atoms with E-state index >= 15 is 0 Å². The molecule has 2 heterocycles. The third kappa shape index (κ3) is 6.56. The lowest BCUT2D eigenvalue weighted by molar-refractivity contribution is 0.0358. The van der Waals surface area contributed by atoms with Gasteiger partial charge < -0.3 is 14.7 Å². The van der Waals surface area contributed by atoms with Gasteiger partial charge in [0.2, 0.25) is 0 Å². The molecule has 2 aliphatic rings. The van der Waals surface area contributed by atoms with E-state index in [9.17, 15) is 5.11 Å². The fourth-order valence-corrected chi connectivity index (χ4v) is 7.10. The molecule has 33 heavy (non-hydrogen) atoms. The largest absolute Gasteiger partial charge is 0.497 e. The number of aryl methyl sites for hydroxylation is 1. The van der Waals surface area contributed by atoms with Crippen molar-refractivity contribution in [1.29, 1.82) is 0 Å². The van der Waals surface area contributed by atoms with Crippen LogP contribution in [-0.2, 0) is 6.42 Å². The Kier molecular flexibility index (Phi) is 9.20. The van der Waals surface area contributed by atoms with Crippen molar-refractivity contribution in [3.63, 3.8) is 0 Å². The molecule has 1 saturated carbocycles. The quantitative estimate of drug-likeness (QED) is 0.371. The van der Waals surface area contributed by atoms with Crippen molar-refractivity contribution in [3.8, 4) is 5.75 Å². The average Bonchev–Trinajstić information content (AvgIpc) is 3.37. The molecule has 6 heteroatoms. The number of likely N-dealkylation sites (tertiary alicyclic amines) is 1. The fraction of sp³-hybridized carbons (Fsp3) is 0.667. The Morgan fingerprint density at radius 1 is 1.21 bits per heavy atom. The second-order valence-electron chi connectivity index (χ2n) is 9.95. The molecule has 1 aliphatic carbocycles. The summed E-state index contributed by atoms with van der Waals surface area (Å²) < 4.78 is 5.41. The van der Waals surface area contributed by atoms with Gasteiger partial charge in [-0.2, -0.15) is 11.8 Å². The van der Waals surface area contributed by atoms with Gasteiger partial charge in [-0.3, -0.25) is 4.98 Å². The van der Waals surface area contributed by atoms with E-state index in [0.29, 0.717) is 0 Å². The van der Waals surface area contributed by atoms with E-state index in [2.05, 4.69) is 21.6 Å². The summed E-state index contributed by atoms with van der Waals surface area (Å²) in [4.78, 5) is 7.08. The number of thioether (sulfide) groups is 1. The fourth-order valence-electron chi connectivity index (χ4n) is 5.55. The van der Waals surface area contributed by atoms with Gasteiger partial charge in [0.25, 0.3) is 0 Å². The minimum atomic E-state index is 0.0576. The molecule has 1 aromatic heterocycles. The van der Waals surface area contributed by atoms with Crippen molar-refractivity contribution in [2.75, 3.05) is 39.1 Å². The standard InChI is InChI=1S/C27H39ClN2O2S/c1-32-21-9-10-26-24(18-21)23(25(28)19-29-26)8-4-11-27(20-31)12-15-30(16-13-27)14-5-17-33-22-6-2-3-7-22/h9-10,18-19,22,31H,2-8,11-17,20H2,1H3. The zero-order valence-corrected chi connectivity index (χ0v) is 21.6. The van der Waals surface area contributed by atoms with E-state index < -0.39 is 0 Å². The molecule has 0 atom stereocenters. The molecular weight excluding hydrogens is 452 g/mol. The number of ether oxygens (including phenoxy) is 1. The monoisotopic (exact) mass is 490 g/mol. The molecule has 0 amide bonds. The van der Waals surface area contributed by atoms with Crippen molar-refractivity contribution >= 4 is 34.3 Å². The predicted molar refractivity (Wildman–Crippen MR) is 141 cm³/mol. The first-order valence-corrected chi connectivity index (χ1v) is 14.1. The topological polar surface area (TPSA) is 45.6 Å². The van der Waals surface area contributed by atoms with Gasteiger partial charge >= 0.3 is 0 Å². The number of hydrogen-bond acceptors (Lipinski definition) is 5. The maximum atomic E-state index is 10.3. The van der Waals surface area contributed by atoms with Crippen molar-refractivity contribution in [1.82, 2.24) is 9.88 Å². The first-order valence-electron chi connectivity index (χ1n) is 12.7. The smallest absolute Gasteiger partial charge is 0.119 e. The number of aliphatic hydroxyl groups is 1. The second-order valence-corrected chi connectivity index (χ2v) is 11.8. The molecule has 2 aromatic rings. The highest BCUT2D eigenvalue weighted by atomic mass is 35.5. The minimum absolute atomic E-state index is 0.0576.